The highest BCUT2D eigenvalue weighted by atomic mass is 35.5. The molecule has 1 amide bonds. The summed E-state index contributed by atoms with van der Waals surface area (Å²) in [5.74, 6) is -0.146. The van der Waals surface area contributed by atoms with E-state index in [0.717, 1.165) is 5.56 Å². The van der Waals surface area contributed by atoms with Crippen molar-refractivity contribution < 1.29 is 9.18 Å². The van der Waals surface area contributed by atoms with Crippen molar-refractivity contribution in [2.45, 2.75) is 6.42 Å². The van der Waals surface area contributed by atoms with Crippen LogP contribution >= 0.6 is 11.6 Å². The Morgan fingerprint density at radius 2 is 2.19 bits per heavy atom. The lowest BCUT2D eigenvalue weighted by Gasteiger charge is -2.19. The monoisotopic (exact) mass is 303 g/mol. The largest absolute Gasteiger partial charge is 0.311 e. The molecule has 0 spiro atoms. The zero-order valence-corrected chi connectivity index (χ0v) is 11.9. The molecule has 0 saturated carbocycles. The van der Waals surface area contributed by atoms with Crippen molar-refractivity contribution in [3.05, 3.63) is 52.4 Å². The summed E-state index contributed by atoms with van der Waals surface area (Å²) in [6.07, 6.45) is 3.87. The first-order valence-corrected chi connectivity index (χ1v) is 6.69. The van der Waals surface area contributed by atoms with Crippen LogP contribution in [0.1, 0.15) is 15.9 Å². The fraction of sp³-hybridized carbons (Fsp3) is 0.133. The lowest BCUT2D eigenvalue weighted by molar-refractivity contribution is 0.0992. The zero-order chi connectivity index (χ0) is 15.0. The van der Waals surface area contributed by atoms with E-state index < -0.39 is 5.82 Å². The van der Waals surface area contributed by atoms with E-state index in [0.29, 0.717) is 23.5 Å². The van der Waals surface area contributed by atoms with E-state index in [1.807, 2.05) is 0 Å². The fourth-order valence-corrected chi connectivity index (χ4v) is 2.38. The van der Waals surface area contributed by atoms with Crippen LogP contribution < -0.4 is 4.90 Å². The highest BCUT2D eigenvalue weighted by Gasteiger charge is 2.21. The summed E-state index contributed by atoms with van der Waals surface area (Å²) in [5, 5.41) is -0.0181. The van der Waals surface area contributed by atoms with Gasteiger partial charge in [0.1, 0.15) is 5.82 Å². The summed E-state index contributed by atoms with van der Waals surface area (Å²) in [4.78, 5) is 22.3. The van der Waals surface area contributed by atoms with Crippen molar-refractivity contribution in [1.29, 1.82) is 0 Å². The number of pyridine rings is 1. The number of anilines is 1. The van der Waals surface area contributed by atoms with Crippen molar-refractivity contribution in [3.8, 4) is 0 Å². The van der Waals surface area contributed by atoms with Gasteiger partial charge in [-0.05, 0) is 24.3 Å². The number of aliphatic imine (C=N–C) groups is 1. The average molecular weight is 304 g/mol. The summed E-state index contributed by atoms with van der Waals surface area (Å²) in [5.41, 5.74) is 1.87. The molecule has 2 heterocycles. The number of aromatic nitrogens is 1. The van der Waals surface area contributed by atoms with Gasteiger partial charge in [-0.3, -0.25) is 4.79 Å². The first-order valence-electron chi connectivity index (χ1n) is 6.31. The van der Waals surface area contributed by atoms with E-state index in [2.05, 4.69) is 9.98 Å². The summed E-state index contributed by atoms with van der Waals surface area (Å²) in [6.45, 7) is 0. The highest BCUT2D eigenvalue weighted by Crippen LogP contribution is 2.27. The van der Waals surface area contributed by atoms with Gasteiger partial charge in [-0.25, -0.2) is 14.4 Å². The molecule has 106 valence electrons. The summed E-state index contributed by atoms with van der Waals surface area (Å²) < 4.78 is 13.2. The number of carbonyl (C=O) groups excluding carboxylic acids is 1. The van der Waals surface area contributed by atoms with Crippen molar-refractivity contribution in [2.75, 3.05) is 11.9 Å². The van der Waals surface area contributed by atoms with Gasteiger partial charge in [-0.2, -0.15) is 0 Å². The molecule has 6 heteroatoms. The minimum atomic E-state index is -0.514. The van der Waals surface area contributed by atoms with Gasteiger partial charge >= 0.3 is 0 Å². The number of benzene rings is 1. The Bertz CT molecular complexity index is 761. The van der Waals surface area contributed by atoms with E-state index in [9.17, 15) is 9.18 Å². The van der Waals surface area contributed by atoms with Gasteiger partial charge < -0.3 is 4.90 Å². The second-order valence-electron chi connectivity index (χ2n) is 4.64. The second kappa shape index (κ2) is 5.26. The maximum Gasteiger partial charge on any atom is 0.258 e. The normalized spacial score (nSPS) is 12.3. The average Bonchev–Trinajstić information content (AvgIpc) is 2.97. The number of nitrogens with zero attached hydrogens (tertiary/aromatic N) is 3. The SMILES string of the molecule is CN(C(=O)c1ccnc2c1CC=N2)c1ccc(F)c(Cl)c1. The number of carbonyl (C=O) groups is 1. The van der Waals surface area contributed by atoms with Gasteiger partial charge in [-0.1, -0.05) is 11.6 Å². The standard InChI is InChI=1S/C15H11ClFN3O/c1-20(9-2-3-13(17)12(16)8-9)15(21)11-5-7-19-14-10(11)4-6-18-14/h2-3,5-8H,4H2,1H3. The smallest absolute Gasteiger partial charge is 0.258 e. The van der Waals surface area contributed by atoms with Gasteiger partial charge in [0, 0.05) is 42.7 Å². The number of halogens is 2. The Hall–Kier alpha value is -2.27. The lowest BCUT2D eigenvalue weighted by Crippen LogP contribution is -2.27. The van der Waals surface area contributed by atoms with E-state index in [-0.39, 0.29) is 10.9 Å². The Morgan fingerprint density at radius 1 is 1.38 bits per heavy atom. The molecule has 0 radical (unpaired) electrons. The number of amides is 1. The topological polar surface area (TPSA) is 45.6 Å². The minimum absolute atomic E-state index is 0.0181. The Balaban J connectivity index is 1.95. The predicted molar refractivity (Wildman–Crippen MR) is 80.2 cm³/mol. The third-order valence-corrected chi connectivity index (χ3v) is 3.66. The number of rotatable bonds is 2. The van der Waals surface area contributed by atoms with E-state index in [1.54, 1.807) is 25.5 Å². The molecule has 2 aromatic rings. The molecule has 0 saturated heterocycles. The zero-order valence-electron chi connectivity index (χ0n) is 11.2. The van der Waals surface area contributed by atoms with Gasteiger partial charge in [0.15, 0.2) is 5.82 Å². The molecule has 1 aliphatic heterocycles. The highest BCUT2D eigenvalue weighted by molar-refractivity contribution is 6.31. The summed E-state index contributed by atoms with van der Waals surface area (Å²) in [6, 6.07) is 5.84. The van der Waals surface area contributed by atoms with Gasteiger partial charge in [-0.15, -0.1) is 0 Å². The van der Waals surface area contributed by atoms with E-state index >= 15 is 0 Å². The Morgan fingerprint density at radius 3 is 2.95 bits per heavy atom. The van der Waals surface area contributed by atoms with Crippen LogP contribution in [0.15, 0.2) is 35.5 Å². The molecule has 1 aromatic heterocycles. The Labute approximate surface area is 125 Å². The molecule has 1 aliphatic rings. The van der Waals surface area contributed by atoms with Crippen LogP contribution in [0.2, 0.25) is 5.02 Å². The molecule has 0 N–H and O–H groups in total. The first-order chi connectivity index (χ1) is 10.1. The lowest BCUT2D eigenvalue weighted by atomic mass is 10.1. The third kappa shape index (κ3) is 2.40. The van der Waals surface area contributed by atoms with Gasteiger partial charge in [0.2, 0.25) is 0 Å². The van der Waals surface area contributed by atoms with Crippen LogP contribution in [-0.4, -0.2) is 24.2 Å². The first kappa shape index (κ1) is 13.7. The molecule has 3 rings (SSSR count). The molecule has 0 unspecified atom stereocenters. The van der Waals surface area contributed by atoms with Gasteiger partial charge in [0.05, 0.1) is 5.02 Å². The maximum atomic E-state index is 13.2. The molecule has 0 atom stereocenters. The molecule has 0 aliphatic carbocycles. The van der Waals surface area contributed by atoms with Crippen LogP contribution in [0.5, 0.6) is 0 Å². The van der Waals surface area contributed by atoms with Crippen molar-refractivity contribution in [2.24, 2.45) is 4.99 Å². The number of hydrogen-bond acceptors (Lipinski definition) is 3. The quantitative estimate of drug-likeness (QED) is 0.853. The second-order valence-corrected chi connectivity index (χ2v) is 5.05. The van der Waals surface area contributed by atoms with Crippen molar-refractivity contribution >= 4 is 35.2 Å². The fourth-order valence-electron chi connectivity index (χ4n) is 2.21. The molecule has 21 heavy (non-hydrogen) atoms. The molecule has 4 nitrogen and oxygen atoms in total. The van der Waals surface area contributed by atoms with E-state index in [4.69, 9.17) is 11.6 Å². The molecule has 1 aromatic carbocycles. The van der Waals surface area contributed by atoms with Gasteiger partial charge in [0.25, 0.3) is 5.91 Å². The molecule has 0 fully saturated rings. The van der Waals surface area contributed by atoms with Crippen molar-refractivity contribution in [3.63, 3.8) is 0 Å². The number of fused-ring (bicyclic) bond motifs is 1. The summed E-state index contributed by atoms with van der Waals surface area (Å²) in [7, 11) is 1.62. The van der Waals surface area contributed by atoms with Crippen LogP contribution in [0.25, 0.3) is 0 Å². The predicted octanol–water partition coefficient (Wildman–Crippen LogP) is 3.41. The molecule has 0 bridgehead atoms. The van der Waals surface area contributed by atoms with Crippen molar-refractivity contribution in [1.82, 2.24) is 4.98 Å². The van der Waals surface area contributed by atoms with Crippen LogP contribution in [0, 0.1) is 5.82 Å². The van der Waals surface area contributed by atoms with Crippen LogP contribution in [0.3, 0.4) is 0 Å². The molecular weight excluding hydrogens is 293 g/mol. The van der Waals surface area contributed by atoms with Crippen LogP contribution in [0.4, 0.5) is 15.9 Å². The van der Waals surface area contributed by atoms with Crippen LogP contribution in [-0.2, 0) is 6.42 Å². The minimum Gasteiger partial charge on any atom is -0.311 e. The maximum absolute atomic E-state index is 13.2. The van der Waals surface area contributed by atoms with E-state index in [1.165, 1.54) is 23.1 Å². The number of hydrogen-bond donors (Lipinski definition) is 0. The third-order valence-electron chi connectivity index (χ3n) is 3.37. The molecular formula is C15H11ClFN3O. The Kier molecular flexibility index (Phi) is 3.43. The summed E-state index contributed by atoms with van der Waals surface area (Å²) >= 11 is 5.76.